The quantitative estimate of drug-likeness (QED) is 0.358. The van der Waals surface area contributed by atoms with Crippen molar-refractivity contribution in [2.45, 2.75) is 25.4 Å². The van der Waals surface area contributed by atoms with E-state index in [1.807, 2.05) is 22.2 Å². The largest absolute Gasteiger partial charge is 0.353 e. The van der Waals surface area contributed by atoms with Gasteiger partial charge in [-0.2, -0.15) is 0 Å². The first-order valence-corrected chi connectivity index (χ1v) is 7.26. The van der Waals surface area contributed by atoms with E-state index < -0.39 is 0 Å². The lowest BCUT2D eigenvalue weighted by Gasteiger charge is -2.16. The fourth-order valence-electron chi connectivity index (χ4n) is 2.16. The van der Waals surface area contributed by atoms with Gasteiger partial charge in [-0.25, -0.2) is 4.98 Å². The summed E-state index contributed by atoms with van der Waals surface area (Å²) in [4.78, 5) is 9.81. The molecule has 108 valence electrons. The van der Waals surface area contributed by atoms with Crippen molar-refractivity contribution in [3.8, 4) is 0 Å². The highest BCUT2D eigenvalue weighted by Crippen LogP contribution is 2.11. The molecule has 0 aromatic carbocycles. The maximum atomic E-state index is 4.53. The van der Waals surface area contributed by atoms with Gasteiger partial charge in [0.2, 0.25) is 0 Å². The van der Waals surface area contributed by atoms with Gasteiger partial charge in [-0.15, -0.1) is 35.3 Å². The zero-order valence-corrected chi connectivity index (χ0v) is 14.4. The highest BCUT2D eigenvalue weighted by atomic mass is 127. The summed E-state index contributed by atoms with van der Waals surface area (Å²) >= 11 is 1.64. The van der Waals surface area contributed by atoms with E-state index in [9.17, 15) is 0 Å². The third-order valence-electron chi connectivity index (χ3n) is 3.15. The minimum atomic E-state index is 0. The molecule has 0 spiro atoms. The molecule has 3 rings (SSSR count). The van der Waals surface area contributed by atoms with Gasteiger partial charge in [-0.1, -0.05) is 12.2 Å². The number of thiazole rings is 1. The Balaban J connectivity index is 0.00000147. The molecular weight excluding hydrogens is 385 g/mol. The van der Waals surface area contributed by atoms with Crippen LogP contribution in [0.4, 0.5) is 0 Å². The van der Waals surface area contributed by atoms with Gasteiger partial charge in [-0.05, 0) is 12.8 Å². The number of nitrogens with one attached hydrogen (secondary N) is 2. The molecule has 0 fully saturated rings. The topological polar surface area (TPSA) is 53.7 Å². The number of nitrogens with zero attached hydrogens (tertiary/aromatic N) is 3. The van der Waals surface area contributed by atoms with E-state index in [4.69, 9.17) is 0 Å². The van der Waals surface area contributed by atoms with Crippen molar-refractivity contribution in [1.82, 2.24) is 20.0 Å². The molecule has 7 heteroatoms. The van der Waals surface area contributed by atoms with Gasteiger partial charge in [0.25, 0.3) is 0 Å². The van der Waals surface area contributed by atoms with Gasteiger partial charge in [-0.3, -0.25) is 9.39 Å². The van der Waals surface area contributed by atoms with Crippen LogP contribution in [0.15, 0.2) is 34.9 Å². The van der Waals surface area contributed by atoms with Crippen LogP contribution in [0.25, 0.3) is 4.96 Å². The predicted octanol–water partition coefficient (Wildman–Crippen LogP) is 2.40. The van der Waals surface area contributed by atoms with E-state index in [-0.39, 0.29) is 24.0 Å². The Labute approximate surface area is 139 Å². The lowest BCUT2D eigenvalue weighted by atomic mass is 10.2. The second-order valence-electron chi connectivity index (χ2n) is 4.53. The van der Waals surface area contributed by atoms with Crippen LogP contribution in [0, 0.1) is 0 Å². The molecule has 0 saturated heterocycles. The lowest BCUT2D eigenvalue weighted by molar-refractivity contribution is 0.632. The molecule has 0 unspecified atom stereocenters. The molecule has 0 saturated carbocycles. The number of hydrogen-bond donors (Lipinski definition) is 2. The van der Waals surface area contributed by atoms with Crippen molar-refractivity contribution in [2.75, 3.05) is 7.05 Å². The van der Waals surface area contributed by atoms with Crippen molar-refractivity contribution in [3.05, 3.63) is 35.6 Å². The first kappa shape index (κ1) is 15.3. The molecule has 2 N–H and O–H groups in total. The van der Waals surface area contributed by atoms with Crippen LogP contribution in [0.1, 0.15) is 18.5 Å². The Kier molecular flexibility index (Phi) is 5.41. The Morgan fingerprint density at radius 1 is 1.50 bits per heavy atom. The van der Waals surface area contributed by atoms with Crippen LogP contribution in [-0.4, -0.2) is 28.4 Å². The highest BCUT2D eigenvalue weighted by molar-refractivity contribution is 14.0. The van der Waals surface area contributed by atoms with Gasteiger partial charge in [0, 0.05) is 30.9 Å². The number of aliphatic imine (C=N–C) groups is 1. The normalized spacial score (nSPS) is 15.6. The number of halogens is 1. The summed E-state index contributed by atoms with van der Waals surface area (Å²) in [6, 6.07) is 0.469. The van der Waals surface area contributed by atoms with E-state index in [1.54, 1.807) is 18.4 Å². The predicted molar refractivity (Wildman–Crippen MR) is 94.0 cm³/mol. The van der Waals surface area contributed by atoms with Gasteiger partial charge < -0.3 is 10.6 Å². The molecule has 20 heavy (non-hydrogen) atoms. The smallest absolute Gasteiger partial charge is 0.193 e. The molecule has 0 aliphatic heterocycles. The maximum Gasteiger partial charge on any atom is 0.193 e. The summed E-state index contributed by atoms with van der Waals surface area (Å²) in [6.45, 7) is 0.689. The monoisotopic (exact) mass is 403 g/mol. The summed E-state index contributed by atoms with van der Waals surface area (Å²) in [5.74, 6) is 0.838. The number of aromatic nitrogens is 2. The number of guanidine groups is 1. The molecule has 1 aliphatic rings. The third-order valence-corrected chi connectivity index (χ3v) is 3.92. The van der Waals surface area contributed by atoms with Gasteiger partial charge in [0.05, 0.1) is 12.2 Å². The third kappa shape index (κ3) is 3.51. The van der Waals surface area contributed by atoms with Crippen LogP contribution < -0.4 is 10.6 Å². The Morgan fingerprint density at radius 3 is 3.00 bits per heavy atom. The summed E-state index contributed by atoms with van der Waals surface area (Å²) in [6.07, 6.45) is 10.6. The first-order valence-electron chi connectivity index (χ1n) is 6.38. The standard InChI is InChI=1S/C13H17N5S.HI/c1-14-12(16-10-4-2-3-5-10)15-8-11-9-18-6-7-19-13(18)17-11;/h2-3,6-7,9-10H,4-5,8H2,1H3,(H2,14,15,16);1H. The van der Waals surface area contributed by atoms with Crippen LogP contribution in [0.2, 0.25) is 0 Å². The van der Waals surface area contributed by atoms with E-state index in [2.05, 4.69) is 32.8 Å². The highest BCUT2D eigenvalue weighted by Gasteiger charge is 2.11. The average molecular weight is 403 g/mol. The van der Waals surface area contributed by atoms with Gasteiger partial charge in [0.15, 0.2) is 10.9 Å². The Hall–Kier alpha value is -1.09. The minimum Gasteiger partial charge on any atom is -0.353 e. The van der Waals surface area contributed by atoms with Crippen LogP contribution in [0.3, 0.4) is 0 Å². The fraction of sp³-hybridized carbons (Fsp3) is 0.385. The summed E-state index contributed by atoms with van der Waals surface area (Å²) in [7, 11) is 1.80. The number of hydrogen-bond acceptors (Lipinski definition) is 3. The minimum absolute atomic E-state index is 0. The van der Waals surface area contributed by atoms with Crippen LogP contribution in [0.5, 0.6) is 0 Å². The molecule has 0 amide bonds. The summed E-state index contributed by atoms with van der Waals surface area (Å²) in [5.41, 5.74) is 1.03. The van der Waals surface area contributed by atoms with Crippen molar-refractivity contribution >= 4 is 46.2 Å². The van der Waals surface area contributed by atoms with Crippen molar-refractivity contribution in [2.24, 2.45) is 4.99 Å². The Bertz CT molecular complexity index is 579. The average Bonchev–Trinajstić information content (AvgIpc) is 3.10. The zero-order valence-electron chi connectivity index (χ0n) is 11.2. The molecule has 2 aromatic rings. The van der Waals surface area contributed by atoms with E-state index in [0.717, 1.165) is 29.5 Å². The van der Waals surface area contributed by atoms with Crippen molar-refractivity contribution in [3.63, 3.8) is 0 Å². The van der Waals surface area contributed by atoms with Crippen molar-refractivity contribution in [1.29, 1.82) is 0 Å². The second kappa shape index (κ2) is 7.07. The molecule has 1 aliphatic carbocycles. The van der Waals surface area contributed by atoms with E-state index in [0.29, 0.717) is 12.6 Å². The van der Waals surface area contributed by atoms with E-state index in [1.165, 1.54) is 0 Å². The molecule has 5 nitrogen and oxygen atoms in total. The number of rotatable bonds is 3. The molecule has 0 radical (unpaired) electrons. The van der Waals surface area contributed by atoms with Crippen LogP contribution >= 0.6 is 35.3 Å². The fourth-order valence-corrected chi connectivity index (χ4v) is 2.88. The first-order chi connectivity index (χ1) is 9.35. The van der Waals surface area contributed by atoms with Crippen molar-refractivity contribution < 1.29 is 0 Å². The number of fused-ring (bicyclic) bond motifs is 1. The molecule has 0 atom stereocenters. The molecular formula is C13H18IN5S. The molecule has 2 heterocycles. The zero-order chi connectivity index (χ0) is 13.1. The lowest BCUT2D eigenvalue weighted by Crippen LogP contribution is -2.42. The van der Waals surface area contributed by atoms with E-state index >= 15 is 0 Å². The number of imidazole rings is 1. The summed E-state index contributed by atoms with van der Waals surface area (Å²) in [5, 5.41) is 8.75. The second-order valence-corrected chi connectivity index (χ2v) is 5.41. The van der Waals surface area contributed by atoms with Crippen LogP contribution in [-0.2, 0) is 6.54 Å². The maximum absolute atomic E-state index is 4.53. The Morgan fingerprint density at radius 2 is 2.30 bits per heavy atom. The SMILES string of the molecule is CN=C(NCc1cn2ccsc2n1)NC1CC=CC1.I. The molecule has 0 bridgehead atoms. The molecule has 2 aromatic heterocycles. The summed E-state index contributed by atoms with van der Waals surface area (Å²) < 4.78 is 2.04. The van der Waals surface area contributed by atoms with Gasteiger partial charge >= 0.3 is 0 Å². The van der Waals surface area contributed by atoms with Gasteiger partial charge in [0.1, 0.15) is 0 Å².